The van der Waals surface area contributed by atoms with E-state index in [4.69, 9.17) is 0 Å². The lowest BCUT2D eigenvalue weighted by Crippen LogP contribution is -2.30. The Kier molecular flexibility index (Phi) is 3.56. The number of nitrogens with one attached hydrogen (secondary N) is 2. The third-order valence-electron chi connectivity index (χ3n) is 2.49. The van der Waals surface area contributed by atoms with Crippen LogP contribution in [-0.4, -0.2) is 18.5 Å². The predicted octanol–water partition coefficient (Wildman–Crippen LogP) is 1.57. The van der Waals surface area contributed by atoms with Gasteiger partial charge in [0.2, 0.25) is 5.91 Å². The van der Waals surface area contributed by atoms with Crippen molar-refractivity contribution in [2.75, 3.05) is 6.54 Å². The number of rotatable bonds is 3. The molecule has 1 aromatic carbocycles. The first kappa shape index (κ1) is 11.5. The van der Waals surface area contributed by atoms with Crippen molar-refractivity contribution in [3.63, 3.8) is 0 Å². The van der Waals surface area contributed by atoms with Gasteiger partial charge in [0.05, 0.1) is 0 Å². The fraction of sp³-hybridized carbons (Fsp3) is 0.364. The smallest absolute Gasteiger partial charge is 0.221 e. The van der Waals surface area contributed by atoms with Crippen molar-refractivity contribution in [3.05, 3.63) is 34.1 Å². The number of carbonyl (C=O) groups excluding carboxylic acids is 1. The summed E-state index contributed by atoms with van der Waals surface area (Å²) in [5, 5.41) is 5.96. The Bertz CT molecular complexity index is 391. The van der Waals surface area contributed by atoms with Crippen LogP contribution in [0.15, 0.2) is 22.7 Å². The van der Waals surface area contributed by atoms with Crippen molar-refractivity contribution in [2.45, 2.75) is 19.0 Å². The van der Waals surface area contributed by atoms with E-state index in [0.29, 0.717) is 19.5 Å². The number of carbonyl (C=O) groups is 1. The molecule has 0 spiro atoms. The van der Waals surface area contributed by atoms with Crippen LogP contribution in [-0.2, 0) is 11.3 Å². The molecule has 1 fully saturated rings. The van der Waals surface area contributed by atoms with E-state index in [2.05, 4.69) is 26.6 Å². The maximum Gasteiger partial charge on any atom is 0.221 e. The van der Waals surface area contributed by atoms with Gasteiger partial charge in [0.25, 0.3) is 0 Å². The topological polar surface area (TPSA) is 41.1 Å². The maximum atomic E-state index is 13.1. The normalized spacial score (nSPS) is 19.9. The number of halogens is 2. The van der Waals surface area contributed by atoms with Crippen molar-refractivity contribution in [2.24, 2.45) is 0 Å². The summed E-state index contributed by atoms with van der Waals surface area (Å²) in [6.45, 7) is 1.21. The van der Waals surface area contributed by atoms with Crippen molar-refractivity contribution in [3.8, 4) is 0 Å². The highest BCUT2D eigenvalue weighted by atomic mass is 79.9. The fourth-order valence-corrected chi connectivity index (χ4v) is 2.24. The summed E-state index contributed by atoms with van der Waals surface area (Å²) in [6.07, 6.45) is 0.497. The van der Waals surface area contributed by atoms with Gasteiger partial charge in [-0.05, 0) is 23.8 Å². The molecule has 2 N–H and O–H groups in total. The summed E-state index contributed by atoms with van der Waals surface area (Å²) >= 11 is 3.24. The molecule has 1 saturated heterocycles. The van der Waals surface area contributed by atoms with Crippen molar-refractivity contribution in [1.29, 1.82) is 0 Å². The average Bonchev–Trinajstić information content (AvgIpc) is 2.60. The van der Waals surface area contributed by atoms with Gasteiger partial charge in [-0.2, -0.15) is 0 Å². The number of amides is 1. The molecule has 0 aromatic heterocycles. The molecule has 1 aliphatic rings. The SMILES string of the molecule is O=C1CC(NCc2cc(F)cc(Br)c2)CN1. The van der Waals surface area contributed by atoms with Crippen LogP contribution in [0.2, 0.25) is 0 Å². The summed E-state index contributed by atoms with van der Waals surface area (Å²) in [7, 11) is 0. The fourth-order valence-electron chi connectivity index (χ4n) is 1.72. The zero-order valence-electron chi connectivity index (χ0n) is 8.59. The summed E-state index contributed by atoms with van der Waals surface area (Å²) in [5.74, 6) is -0.190. The molecule has 16 heavy (non-hydrogen) atoms. The molecule has 3 nitrogen and oxygen atoms in total. The van der Waals surface area contributed by atoms with Crippen molar-refractivity contribution in [1.82, 2.24) is 10.6 Å². The lowest BCUT2D eigenvalue weighted by atomic mass is 10.2. The van der Waals surface area contributed by atoms with Crippen LogP contribution < -0.4 is 10.6 Å². The molecule has 5 heteroatoms. The molecule has 1 aliphatic heterocycles. The van der Waals surface area contributed by atoms with E-state index in [-0.39, 0.29) is 17.8 Å². The Morgan fingerprint density at radius 3 is 2.94 bits per heavy atom. The van der Waals surface area contributed by atoms with Gasteiger partial charge < -0.3 is 10.6 Å². The molecule has 0 bridgehead atoms. The minimum absolute atomic E-state index is 0.0675. The molecule has 86 valence electrons. The molecule has 1 atom stereocenters. The standard InChI is InChI=1S/C11H12BrFN2O/c12-8-1-7(2-9(13)3-8)5-14-10-4-11(16)15-6-10/h1-3,10,14H,4-6H2,(H,15,16). The third-order valence-corrected chi connectivity index (χ3v) is 2.95. The van der Waals surface area contributed by atoms with Crippen LogP contribution in [0, 0.1) is 5.82 Å². The lowest BCUT2D eigenvalue weighted by Gasteiger charge is -2.10. The lowest BCUT2D eigenvalue weighted by molar-refractivity contribution is -0.119. The van der Waals surface area contributed by atoms with Crippen LogP contribution in [0.25, 0.3) is 0 Å². The van der Waals surface area contributed by atoms with E-state index in [0.717, 1.165) is 10.0 Å². The molecule has 0 aliphatic carbocycles. The molecular weight excluding hydrogens is 275 g/mol. The molecule has 2 rings (SSSR count). The monoisotopic (exact) mass is 286 g/mol. The van der Waals surface area contributed by atoms with Crippen LogP contribution in [0.5, 0.6) is 0 Å². The van der Waals surface area contributed by atoms with Gasteiger partial charge in [-0.1, -0.05) is 15.9 Å². The minimum Gasteiger partial charge on any atom is -0.354 e. The van der Waals surface area contributed by atoms with Crippen LogP contribution in [0.3, 0.4) is 0 Å². The Hall–Kier alpha value is -0.940. The van der Waals surface area contributed by atoms with E-state index in [1.807, 2.05) is 6.07 Å². The van der Waals surface area contributed by atoms with Gasteiger partial charge in [0.15, 0.2) is 0 Å². The van der Waals surface area contributed by atoms with Gasteiger partial charge in [-0.25, -0.2) is 4.39 Å². The maximum absolute atomic E-state index is 13.1. The van der Waals surface area contributed by atoms with Gasteiger partial charge >= 0.3 is 0 Å². The van der Waals surface area contributed by atoms with E-state index >= 15 is 0 Å². The second-order valence-electron chi connectivity index (χ2n) is 3.86. The number of hydrogen-bond donors (Lipinski definition) is 2. The van der Waals surface area contributed by atoms with Crippen molar-refractivity contribution >= 4 is 21.8 Å². The van der Waals surface area contributed by atoms with Gasteiger partial charge in [0, 0.05) is 30.0 Å². The quantitative estimate of drug-likeness (QED) is 0.886. The Morgan fingerprint density at radius 2 is 2.31 bits per heavy atom. The Balaban J connectivity index is 1.91. The zero-order valence-corrected chi connectivity index (χ0v) is 10.2. The largest absolute Gasteiger partial charge is 0.354 e. The predicted molar refractivity (Wildman–Crippen MR) is 62.4 cm³/mol. The van der Waals surface area contributed by atoms with E-state index in [1.165, 1.54) is 12.1 Å². The highest BCUT2D eigenvalue weighted by molar-refractivity contribution is 9.10. The summed E-state index contributed by atoms with van der Waals surface area (Å²) < 4.78 is 13.8. The second kappa shape index (κ2) is 4.93. The highest BCUT2D eigenvalue weighted by Gasteiger charge is 2.20. The summed E-state index contributed by atoms with van der Waals surface area (Å²) in [4.78, 5) is 11.0. The Labute approximate surface area is 102 Å². The minimum atomic E-state index is -0.258. The first-order chi connectivity index (χ1) is 7.63. The van der Waals surface area contributed by atoms with Crippen molar-refractivity contribution < 1.29 is 9.18 Å². The molecule has 0 radical (unpaired) electrons. The first-order valence-corrected chi connectivity index (χ1v) is 5.88. The summed E-state index contributed by atoms with van der Waals surface area (Å²) in [6, 6.07) is 4.92. The van der Waals surface area contributed by atoms with E-state index in [1.54, 1.807) is 0 Å². The van der Waals surface area contributed by atoms with Gasteiger partial charge in [-0.15, -0.1) is 0 Å². The van der Waals surface area contributed by atoms with Gasteiger partial charge in [-0.3, -0.25) is 4.79 Å². The molecule has 1 amide bonds. The molecule has 1 aromatic rings. The molecule has 0 saturated carbocycles. The zero-order chi connectivity index (χ0) is 11.5. The van der Waals surface area contributed by atoms with Crippen LogP contribution in [0.4, 0.5) is 4.39 Å². The van der Waals surface area contributed by atoms with Gasteiger partial charge in [0.1, 0.15) is 5.82 Å². The summed E-state index contributed by atoms with van der Waals surface area (Å²) in [5.41, 5.74) is 0.867. The van der Waals surface area contributed by atoms with E-state index < -0.39 is 0 Å². The van der Waals surface area contributed by atoms with E-state index in [9.17, 15) is 9.18 Å². The Morgan fingerprint density at radius 1 is 1.50 bits per heavy atom. The number of hydrogen-bond acceptors (Lipinski definition) is 2. The van der Waals surface area contributed by atoms with Crippen LogP contribution >= 0.6 is 15.9 Å². The second-order valence-corrected chi connectivity index (χ2v) is 4.78. The first-order valence-electron chi connectivity index (χ1n) is 5.08. The highest BCUT2D eigenvalue weighted by Crippen LogP contribution is 2.15. The van der Waals surface area contributed by atoms with Crippen LogP contribution in [0.1, 0.15) is 12.0 Å². The molecular formula is C11H12BrFN2O. The number of benzene rings is 1. The average molecular weight is 287 g/mol. The third kappa shape index (κ3) is 3.02. The molecule has 1 unspecified atom stereocenters. The molecule has 1 heterocycles.